The minimum atomic E-state index is -0.0484. The molecule has 1 atom stereocenters. The van der Waals surface area contributed by atoms with Crippen LogP contribution in [0, 0.1) is 20.8 Å². The highest BCUT2D eigenvalue weighted by molar-refractivity contribution is 7.09. The number of benzene rings is 2. The van der Waals surface area contributed by atoms with Gasteiger partial charge in [-0.1, -0.05) is 35.9 Å². The summed E-state index contributed by atoms with van der Waals surface area (Å²) in [5.41, 5.74) is 5.71. The SMILES string of the molecule is Cc1ccc(Cc2nsc(N3CCN(C(=O)Nc4ccc(C)c(C)c4)C(C)C3)n2)cc1. The predicted molar refractivity (Wildman–Crippen MR) is 127 cm³/mol. The average molecular weight is 436 g/mol. The largest absolute Gasteiger partial charge is 0.343 e. The van der Waals surface area contributed by atoms with Crippen LogP contribution in [0.3, 0.4) is 0 Å². The second-order valence-electron chi connectivity index (χ2n) is 8.37. The zero-order chi connectivity index (χ0) is 22.0. The fourth-order valence-corrected chi connectivity index (χ4v) is 4.50. The number of amides is 2. The Morgan fingerprint density at radius 2 is 1.87 bits per heavy atom. The summed E-state index contributed by atoms with van der Waals surface area (Å²) < 4.78 is 4.56. The number of hydrogen-bond acceptors (Lipinski definition) is 5. The lowest BCUT2D eigenvalue weighted by molar-refractivity contribution is 0.185. The van der Waals surface area contributed by atoms with Crippen LogP contribution in [0.1, 0.15) is 35.0 Å². The van der Waals surface area contributed by atoms with Crippen LogP contribution in [0.15, 0.2) is 42.5 Å². The van der Waals surface area contributed by atoms with Crippen molar-refractivity contribution < 1.29 is 4.79 Å². The number of carbonyl (C=O) groups excluding carboxylic acids is 1. The van der Waals surface area contributed by atoms with Gasteiger partial charge in [0.25, 0.3) is 0 Å². The van der Waals surface area contributed by atoms with Gasteiger partial charge in [-0.15, -0.1) is 0 Å². The maximum atomic E-state index is 12.8. The molecule has 2 heterocycles. The van der Waals surface area contributed by atoms with Crippen LogP contribution in [0.4, 0.5) is 15.6 Å². The lowest BCUT2D eigenvalue weighted by Crippen LogP contribution is -2.55. The number of carbonyl (C=O) groups is 1. The molecule has 4 rings (SSSR count). The number of piperazine rings is 1. The molecule has 6 nitrogen and oxygen atoms in total. The van der Waals surface area contributed by atoms with Crippen LogP contribution in [0.2, 0.25) is 0 Å². The number of aryl methyl sites for hydroxylation is 3. The molecule has 0 bridgehead atoms. The van der Waals surface area contributed by atoms with Crippen molar-refractivity contribution >= 4 is 28.4 Å². The van der Waals surface area contributed by atoms with E-state index < -0.39 is 0 Å². The zero-order valence-corrected chi connectivity index (χ0v) is 19.4. The molecule has 0 radical (unpaired) electrons. The van der Waals surface area contributed by atoms with Crippen molar-refractivity contribution in [2.24, 2.45) is 0 Å². The van der Waals surface area contributed by atoms with Crippen molar-refractivity contribution in [3.05, 3.63) is 70.5 Å². The van der Waals surface area contributed by atoms with Gasteiger partial charge in [0.1, 0.15) is 5.82 Å². The number of rotatable bonds is 4. The number of nitrogens with one attached hydrogen (secondary N) is 1. The highest BCUT2D eigenvalue weighted by Crippen LogP contribution is 2.23. The summed E-state index contributed by atoms with van der Waals surface area (Å²) in [6.45, 7) is 10.5. The molecule has 0 saturated carbocycles. The molecule has 1 unspecified atom stereocenters. The van der Waals surface area contributed by atoms with Crippen LogP contribution >= 0.6 is 11.5 Å². The summed E-state index contributed by atoms with van der Waals surface area (Å²) in [5, 5.41) is 3.98. The Labute approximate surface area is 188 Å². The Bertz CT molecular complexity index is 1060. The molecule has 1 fully saturated rings. The van der Waals surface area contributed by atoms with Crippen LogP contribution in [-0.4, -0.2) is 46.0 Å². The minimum absolute atomic E-state index is 0.0484. The van der Waals surface area contributed by atoms with Crippen LogP contribution in [-0.2, 0) is 6.42 Å². The van der Waals surface area contributed by atoms with Gasteiger partial charge in [-0.05, 0) is 56.5 Å². The van der Waals surface area contributed by atoms with E-state index in [0.717, 1.165) is 36.2 Å². The average Bonchev–Trinajstić information content (AvgIpc) is 3.21. The van der Waals surface area contributed by atoms with E-state index in [1.807, 2.05) is 23.1 Å². The Kier molecular flexibility index (Phi) is 6.23. The van der Waals surface area contributed by atoms with Crippen molar-refractivity contribution in [2.45, 2.75) is 40.2 Å². The van der Waals surface area contributed by atoms with E-state index in [4.69, 9.17) is 4.98 Å². The second-order valence-corrected chi connectivity index (χ2v) is 9.10. The quantitative estimate of drug-likeness (QED) is 0.640. The molecule has 31 heavy (non-hydrogen) atoms. The molecule has 1 saturated heterocycles. The lowest BCUT2D eigenvalue weighted by atomic mass is 10.1. The molecule has 2 amide bonds. The first-order valence-corrected chi connectivity index (χ1v) is 11.4. The van der Waals surface area contributed by atoms with E-state index in [2.05, 4.69) is 66.6 Å². The van der Waals surface area contributed by atoms with Gasteiger partial charge in [-0.2, -0.15) is 4.37 Å². The maximum absolute atomic E-state index is 12.8. The molecule has 1 aliphatic heterocycles. The molecular formula is C24H29N5OS. The van der Waals surface area contributed by atoms with Crippen molar-refractivity contribution in [3.8, 4) is 0 Å². The summed E-state index contributed by atoms with van der Waals surface area (Å²) in [7, 11) is 0. The Morgan fingerprint density at radius 1 is 1.10 bits per heavy atom. The molecule has 162 valence electrons. The Morgan fingerprint density at radius 3 is 2.58 bits per heavy atom. The molecule has 0 spiro atoms. The van der Waals surface area contributed by atoms with E-state index in [1.165, 1.54) is 33.8 Å². The molecule has 1 N–H and O–H groups in total. The van der Waals surface area contributed by atoms with Gasteiger partial charge >= 0.3 is 6.03 Å². The summed E-state index contributed by atoms with van der Waals surface area (Å²) in [4.78, 5) is 21.7. The minimum Gasteiger partial charge on any atom is -0.343 e. The van der Waals surface area contributed by atoms with Crippen LogP contribution < -0.4 is 10.2 Å². The van der Waals surface area contributed by atoms with Crippen molar-refractivity contribution in [1.29, 1.82) is 0 Å². The van der Waals surface area contributed by atoms with Gasteiger partial charge in [0.15, 0.2) is 0 Å². The standard InChI is InChI=1S/C24H29N5OS/c1-16-5-8-20(9-6-16)14-22-26-24(31-27-22)28-11-12-29(19(4)15-28)23(30)25-21-10-7-17(2)18(3)13-21/h5-10,13,19H,11-12,14-15H2,1-4H3,(H,25,30). The van der Waals surface area contributed by atoms with E-state index in [1.54, 1.807) is 0 Å². The van der Waals surface area contributed by atoms with Gasteiger partial charge in [-0.3, -0.25) is 0 Å². The number of aromatic nitrogens is 2. The first-order valence-electron chi connectivity index (χ1n) is 10.7. The number of nitrogens with zero attached hydrogens (tertiary/aromatic N) is 4. The smallest absolute Gasteiger partial charge is 0.322 e. The summed E-state index contributed by atoms with van der Waals surface area (Å²) in [6, 6.07) is 14.5. The van der Waals surface area contributed by atoms with Crippen molar-refractivity contribution in [2.75, 3.05) is 29.9 Å². The molecule has 0 aliphatic carbocycles. The molecule has 7 heteroatoms. The first kappa shape index (κ1) is 21.3. The third-order valence-electron chi connectivity index (χ3n) is 5.86. The molecule has 3 aromatic rings. The van der Waals surface area contributed by atoms with Gasteiger partial charge in [0.05, 0.1) is 0 Å². The zero-order valence-electron chi connectivity index (χ0n) is 18.6. The maximum Gasteiger partial charge on any atom is 0.322 e. The van der Waals surface area contributed by atoms with Crippen LogP contribution in [0.5, 0.6) is 0 Å². The Balaban J connectivity index is 1.35. The third kappa shape index (κ3) is 5.05. The number of urea groups is 1. The third-order valence-corrected chi connectivity index (χ3v) is 6.67. The fraction of sp³-hybridized carbons (Fsp3) is 0.375. The highest BCUT2D eigenvalue weighted by atomic mass is 32.1. The normalized spacial score (nSPS) is 16.5. The molecule has 1 aromatic heterocycles. The van der Waals surface area contributed by atoms with E-state index in [9.17, 15) is 4.79 Å². The Hall–Kier alpha value is -2.93. The lowest BCUT2D eigenvalue weighted by Gasteiger charge is -2.39. The number of hydrogen-bond donors (Lipinski definition) is 1. The van der Waals surface area contributed by atoms with E-state index in [0.29, 0.717) is 6.54 Å². The molecule has 2 aromatic carbocycles. The van der Waals surface area contributed by atoms with Gasteiger partial charge in [0, 0.05) is 49.3 Å². The van der Waals surface area contributed by atoms with Crippen molar-refractivity contribution in [3.63, 3.8) is 0 Å². The second kappa shape index (κ2) is 9.06. The van der Waals surface area contributed by atoms with Gasteiger partial charge in [-0.25, -0.2) is 9.78 Å². The molecule has 1 aliphatic rings. The van der Waals surface area contributed by atoms with E-state index in [-0.39, 0.29) is 12.1 Å². The predicted octanol–water partition coefficient (Wildman–Crippen LogP) is 4.80. The number of anilines is 2. The topological polar surface area (TPSA) is 61.4 Å². The summed E-state index contributed by atoms with van der Waals surface area (Å²) >= 11 is 1.44. The molecular weight excluding hydrogens is 406 g/mol. The van der Waals surface area contributed by atoms with Crippen LogP contribution in [0.25, 0.3) is 0 Å². The summed E-state index contributed by atoms with van der Waals surface area (Å²) in [5.74, 6) is 0.853. The van der Waals surface area contributed by atoms with Gasteiger partial charge in [0.2, 0.25) is 5.13 Å². The van der Waals surface area contributed by atoms with Gasteiger partial charge < -0.3 is 15.1 Å². The van der Waals surface area contributed by atoms with Crippen molar-refractivity contribution in [1.82, 2.24) is 14.3 Å². The fourth-order valence-electron chi connectivity index (χ4n) is 3.78. The highest BCUT2D eigenvalue weighted by Gasteiger charge is 2.29. The van der Waals surface area contributed by atoms with E-state index >= 15 is 0 Å². The monoisotopic (exact) mass is 435 g/mol. The first-order chi connectivity index (χ1) is 14.9. The summed E-state index contributed by atoms with van der Waals surface area (Å²) in [6.07, 6.45) is 0.741.